The summed E-state index contributed by atoms with van der Waals surface area (Å²) in [7, 11) is -36.7. The van der Waals surface area contributed by atoms with Crippen LogP contribution in [0.2, 0.25) is 0 Å². The van der Waals surface area contributed by atoms with Crippen molar-refractivity contribution >= 4 is 107 Å². The average Bonchev–Trinajstić information content (AvgIpc) is 3.77. The fourth-order valence-corrected chi connectivity index (χ4v) is 10.5. The molecule has 2 atom stereocenters. The summed E-state index contributed by atoms with van der Waals surface area (Å²) in [6, 6.07) is 0. The van der Waals surface area contributed by atoms with Crippen molar-refractivity contribution in [1.29, 1.82) is 0 Å². The van der Waals surface area contributed by atoms with Gasteiger partial charge in [-0.25, -0.2) is 61.4 Å². The topological polar surface area (TPSA) is 489 Å². The minimum Gasteiger partial charge on any atom is -0.323 e. The van der Waals surface area contributed by atoms with Gasteiger partial charge in [0.2, 0.25) is 5.41 Å². The van der Waals surface area contributed by atoms with Gasteiger partial charge in [-0.3, -0.25) is 0 Å². The van der Waals surface area contributed by atoms with Crippen LogP contribution >= 0.6 is 0 Å². The van der Waals surface area contributed by atoms with Crippen molar-refractivity contribution in [3.63, 3.8) is 0 Å². The second kappa shape index (κ2) is 14.7. The minimum atomic E-state index is -4.85. The van der Waals surface area contributed by atoms with Crippen LogP contribution in [0.3, 0.4) is 0 Å². The zero-order valence-electron chi connectivity index (χ0n) is 26.7. The first kappa shape index (κ1) is 47.9. The Morgan fingerprint density at radius 3 is 0.933 bits per heavy atom. The monoisotopic (exact) mass is 1050 g/mol. The maximum absolute atomic E-state index is 12.9. The van der Waals surface area contributed by atoms with Gasteiger partial charge in [-0.05, 0) is 0 Å². The highest BCUT2D eigenvalue weighted by Crippen LogP contribution is 2.44. The Hall–Kier alpha value is -3.14. The van der Waals surface area contributed by atoms with Crippen LogP contribution in [0.4, 0.5) is 8.78 Å². The smallest absolute Gasteiger partial charge is 0.323 e. The molecule has 8 rings (SSSR count). The van der Waals surface area contributed by atoms with Crippen LogP contribution < -0.4 is 0 Å². The molecule has 8 aliphatic rings. The van der Waals surface area contributed by atoms with Crippen LogP contribution in [0.15, 0.2) is 0 Å². The van der Waals surface area contributed by atoms with Crippen molar-refractivity contribution in [2.24, 2.45) is 5.41 Å². The van der Waals surface area contributed by atoms with Crippen LogP contribution in [0, 0.1) is 5.41 Å². The summed E-state index contributed by atoms with van der Waals surface area (Å²) in [6.07, 6.45) is -5.95. The SMILES string of the molecule is O=C1OS(=O)(=O)OC12OS(=O)(=O)OC2=O.O=C1OS(=O)(=O)OCC12COS(=O)(=O)OC2=O.O=S1(=O)OC(F)C2(O1)OS(=O)(=O)OC2F.O=S1(=O)OCC2(COS(=O)(=O)O2)O1. The van der Waals surface area contributed by atoms with Gasteiger partial charge in [0.25, 0.3) is 18.5 Å². The number of carbonyl (C=O) groups is 4. The first-order valence-corrected chi connectivity index (χ1v) is 23.9. The Morgan fingerprint density at radius 1 is 0.383 bits per heavy atom. The molecule has 4 spiro atoms. The molecule has 0 aromatic rings. The molecule has 344 valence electrons. The summed E-state index contributed by atoms with van der Waals surface area (Å²) in [5.74, 6) is -15.1. The Bertz CT molecular complexity index is 2610. The maximum atomic E-state index is 12.9. The van der Waals surface area contributed by atoms with Gasteiger partial charge in [0.05, 0.1) is 13.2 Å². The first-order chi connectivity index (χ1) is 26.8. The van der Waals surface area contributed by atoms with Crippen LogP contribution in [-0.4, -0.2) is 148 Å². The Labute approximate surface area is 330 Å². The maximum Gasteiger partial charge on any atom is 0.455 e. The summed E-state index contributed by atoms with van der Waals surface area (Å²) in [5, 5.41) is 0. The van der Waals surface area contributed by atoms with Gasteiger partial charge in [-0.15, -0.1) is 0 Å². The molecule has 0 aromatic carbocycles. The lowest BCUT2D eigenvalue weighted by Crippen LogP contribution is -2.56. The van der Waals surface area contributed by atoms with E-state index in [2.05, 4.69) is 66.9 Å². The molecule has 0 radical (unpaired) electrons. The number of rotatable bonds is 0. The van der Waals surface area contributed by atoms with Gasteiger partial charge in [-0.1, -0.05) is 0 Å². The molecule has 36 nitrogen and oxygen atoms in total. The van der Waals surface area contributed by atoms with Gasteiger partial charge < -0.3 is 16.7 Å². The molecule has 8 fully saturated rings. The molecular formula is C14H10F2O36S8. The van der Waals surface area contributed by atoms with E-state index in [9.17, 15) is 95.3 Å². The Kier molecular flexibility index (Phi) is 11.8. The lowest BCUT2D eigenvalue weighted by Gasteiger charge is -2.32. The highest BCUT2D eigenvalue weighted by atomic mass is 32.3. The van der Waals surface area contributed by atoms with E-state index in [1.165, 1.54) is 0 Å². The summed E-state index contributed by atoms with van der Waals surface area (Å²) >= 11 is 0. The van der Waals surface area contributed by atoms with Gasteiger partial charge in [-0.2, -0.15) is 84.1 Å². The normalized spacial score (nSPS) is 35.0. The quantitative estimate of drug-likeness (QED) is 0.203. The van der Waals surface area contributed by atoms with E-state index in [0.29, 0.717) is 0 Å². The van der Waals surface area contributed by atoms with Crippen molar-refractivity contribution < 1.29 is 162 Å². The lowest BCUT2D eigenvalue weighted by atomic mass is 9.91. The van der Waals surface area contributed by atoms with Gasteiger partial charge >= 0.3 is 119 Å². The standard InChI is InChI=1S/C5H4O10S2.C3H2F2O8S2.C3O10S2.C3H4O8S2/c6-3-5(1-12-16(8,9)14-3)2-13-17(10,11)15-4(5)7;2*4-1-3(12-14(6,7)10-1)2(5)11-15(8,9)13-3;4-12(5)8-1-3(10-12)2-9-13(6,7)11-3/h1-2H2;1-2H;;1-2H2. The van der Waals surface area contributed by atoms with Crippen LogP contribution in [0.5, 0.6) is 0 Å². The highest BCUT2D eigenvalue weighted by molar-refractivity contribution is 7.84. The predicted octanol–water partition coefficient (Wildman–Crippen LogP) is -7.95. The zero-order chi connectivity index (χ0) is 45.6. The summed E-state index contributed by atoms with van der Waals surface area (Å²) < 4.78 is 258. The van der Waals surface area contributed by atoms with E-state index in [1.807, 2.05) is 0 Å². The zero-order valence-corrected chi connectivity index (χ0v) is 33.2. The molecule has 0 N–H and O–H groups in total. The largest absolute Gasteiger partial charge is 0.455 e. The Morgan fingerprint density at radius 2 is 0.700 bits per heavy atom. The van der Waals surface area contributed by atoms with Crippen molar-refractivity contribution in [3.05, 3.63) is 0 Å². The molecule has 0 aromatic heterocycles. The lowest BCUT2D eigenvalue weighted by molar-refractivity contribution is -0.219. The minimum absolute atomic E-state index is 0.533. The molecule has 0 bridgehead atoms. The van der Waals surface area contributed by atoms with Gasteiger partial charge in [0.1, 0.15) is 13.2 Å². The van der Waals surface area contributed by atoms with E-state index < -0.39 is 169 Å². The van der Waals surface area contributed by atoms with Gasteiger partial charge in [0, 0.05) is 0 Å². The van der Waals surface area contributed by atoms with Crippen molar-refractivity contribution in [1.82, 2.24) is 0 Å². The third-order valence-corrected chi connectivity index (χ3v) is 12.9. The summed E-state index contributed by atoms with van der Waals surface area (Å²) in [4.78, 5) is 44.5. The average molecular weight is 1050 g/mol. The second-order valence-corrected chi connectivity index (χ2v) is 20.0. The van der Waals surface area contributed by atoms with Crippen molar-refractivity contribution in [2.75, 3.05) is 26.4 Å². The number of alkyl halides is 2. The second-order valence-electron chi connectivity index (χ2n) is 10.5. The molecule has 46 heteroatoms. The fourth-order valence-electron chi connectivity index (χ4n) is 3.81. The molecule has 0 amide bonds. The molecular weight excluding hydrogens is 1040 g/mol. The number of halogens is 2. The van der Waals surface area contributed by atoms with Crippen molar-refractivity contribution in [3.8, 4) is 0 Å². The van der Waals surface area contributed by atoms with Crippen LogP contribution in [-0.2, 0) is 169 Å². The van der Waals surface area contributed by atoms with E-state index in [1.54, 1.807) is 0 Å². The molecule has 60 heavy (non-hydrogen) atoms. The molecule has 0 saturated carbocycles. The number of carbonyl (C=O) groups excluding carboxylic acids is 4. The molecule has 8 saturated heterocycles. The van der Waals surface area contributed by atoms with E-state index >= 15 is 0 Å². The molecule has 8 aliphatic heterocycles. The van der Waals surface area contributed by atoms with Crippen LogP contribution in [0.25, 0.3) is 0 Å². The highest BCUT2D eigenvalue weighted by Gasteiger charge is 2.72. The first-order valence-electron chi connectivity index (χ1n) is 13.2. The van der Waals surface area contributed by atoms with E-state index in [-0.39, 0.29) is 0 Å². The fraction of sp³-hybridized carbons (Fsp3) is 0.714. The van der Waals surface area contributed by atoms with E-state index in [4.69, 9.17) is 0 Å². The molecule has 0 aliphatic carbocycles. The third kappa shape index (κ3) is 9.89. The summed E-state index contributed by atoms with van der Waals surface area (Å²) in [5.41, 5.74) is -2.24. The van der Waals surface area contributed by atoms with Crippen LogP contribution in [0.1, 0.15) is 0 Å². The van der Waals surface area contributed by atoms with Crippen molar-refractivity contribution in [2.45, 2.75) is 30.1 Å². The van der Waals surface area contributed by atoms with Gasteiger partial charge in [0.15, 0.2) is 0 Å². The summed E-state index contributed by atoms with van der Waals surface area (Å²) in [6.45, 7) is -2.95. The predicted molar refractivity (Wildman–Crippen MR) is 149 cm³/mol. The third-order valence-electron chi connectivity index (χ3n) is 6.22. The number of hydrogen-bond donors (Lipinski definition) is 0. The molecule has 8 heterocycles. The van der Waals surface area contributed by atoms with E-state index in [0.717, 1.165) is 0 Å². The number of hydrogen-bond acceptors (Lipinski definition) is 36. The Balaban J connectivity index is 0.000000152. The molecule has 2 unspecified atom stereocenters.